The molecular weight excluding hydrogens is 228 g/mol. The lowest BCUT2D eigenvalue weighted by atomic mass is 10.0. The summed E-state index contributed by atoms with van der Waals surface area (Å²) in [6.07, 6.45) is 0.806. The molecule has 2 rings (SSSR count). The summed E-state index contributed by atoms with van der Waals surface area (Å²) in [5.41, 5.74) is 7.24. The van der Waals surface area contributed by atoms with Crippen LogP contribution in [0.4, 0.5) is 5.82 Å². The lowest BCUT2D eigenvalue weighted by molar-refractivity contribution is 0.0526. The van der Waals surface area contributed by atoms with Crippen molar-refractivity contribution in [2.75, 3.05) is 12.3 Å². The Balaban J connectivity index is 2.54. The van der Waals surface area contributed by atoms with Crippen LogP contribution in [0, 0.1) is 0 Å². The number of benzene rings is 1. The molecule has 2 N–H and O–H groups in total. The summed E-state index contributed by atoms with van der Waals surface area (Å²) in [5, 5.41) is 1.95. The van der Waals surface area contributed by atoms with Gasteiger partial charge in [0.05, 0.1) is 17.9 Å². The van der Waals surface area contributed by atoms with Gasteiger partial charge in [0.1, 0.15) is 5.82 Å². The van der Waals surface area contributed by atoms with Crippen LogP contribution in [0.15, 0.2) is 24.3 Å². The summed E-state index contributed by atoms with van der Waals surface area (Å²) in [6.45, 7) is 4.19. The first-order valence-electron chi connectivity index (χ1n) is 6.02. The summed E-state index contributed by atoms with van der Waals surface area (Å²) in [5.74, 6) is 0.160. The monoisotopic (exact) mass is 244 g/mol. The Hall–Kier alpha value is -2.10. The molecule has 18 heavy (non-hydrogen) atoms. The van der Waals surface area contributed by atoms with E-state index in [2.05, 4.69) is 4.98 Å². The molecule has 0 fully saturated rings. The molecular formula is C14H16N2O2. The smallest absolute Gasteiger partial charge is 0.338 e. The second kappa shape index (κ2) is 5.04. The zero-order valence-electron chi connectivity index (χ0n) is 10.6. The van der Waals surface area contributed by atoms with Gasteiger partial charge in [-0.3, -0.25) is 0 Å². The highest BCUT2D eigenvalue weighted by Crippen LogP contribution is 2.22. The van der Waals surface area contributed by atoms with Crippen LogP contribution in [0.1, 0.15) is 29.9 Å². The van der Waals surface area contributed by atoms with E-state index in [9.17, 15) is 4.79 Å². The molecule has 0 aliphatic carbocycles. The zero-order chi connectivity index (χ0) is 13.1. The number of nitrogens with two attached hydrogens (primary N) is 1. The fourth-order valence-electron chi connectivity index (χ4n) is 1.96. The molecule has 2 aromatic rings. The number of aryl methyl sites for hydroxylation is 1. The number of aromatic nitrogens is 1. The number of carbonyl (C=O) groups excluding carboxylic acids is 1. The van der Waals surface area contributed by atoms with Crippen molar-refractivity contribution in [1.29, 1.82) is 0 Å². The van der Waals surface area contributed by atoms with Crippen molar-refractivity contribution in [3.05, 3.63) is 35.5 Å². The van der Waals surface area contributed by atoms with E-state index in [0.717, 1.165) is 22.9 Å². The molecule has 0 spiro atoms. The predicted molar refractivity (Wildman–Crippen MR) is 71.5 cm³/mol. The lowest BCUT2D eigenvalue weighted by Crippen LogP contribution is -2.05. The third kappa shape index (κ3) is 2.27. The number of nitrogen functional groups attached to an aromatic ring is 1. The SMILES string of the molecule is CCOC(=O)c1ccc2c(CC)nc(N)cc2c1. The maximum atomic E-state index is 11.7. The van der Waals surface area contributed by atoms with Gasteiger partial charge in [0.15, 0.2) is 0 Å². The van der Waals surface area contributed by atoms with E-state index in [1.807, 2.05) is 13.0 Å². The van der Waals surface area contributed by atoms with Gasteiger partial charge in [0.2, 0.25) is 0 Å². The molecule has 0 saturated carbocycles. The van der Waals surface area contributed by atoms with Crippen LogP contribution in [-0.4, -0.2) is 17.6 Å². The minimum atomic E-state index is -0.312. The van der Waals surface area contributed by atoms with Crippen molar-refractivity contribution >= 4 is 22.6 Å². The standard InChI is InChI=1S/C14H16N2O2/c1-3-12-11-6-5-9(14(17)18-4-2)7-10(11)8-13(15)16-12/h5-8H,3-4H2,1-2H3,(H2,15,16). The number of rotatable bonds is 3. The topological polar surface area (TPSA) is 65.2 Å². The number of hydrogen-bond acceptors (Lipinski definition) is 4. The quantitative estimate of drug-likeness (QED) is 0.843. The van der Waals surface area contributed by atoms with E-state index in [4.69, 9.17) is 10.5 Å². The molecule has 1 aromatic carbocycles. The Morgan fingerprint density at radius 1 is 1.33 bits per heavy atom. The second-order valence-electron chi connectivity index (χ2n) is 4.00. The predicted octanol–water partition coefficient (Wildman–Crippen LogP) is 2.56. The third-order valence-electron chi connectivity index (χ3n) is 2.78. The Bertz CT molecular complexity index is 594. The van der Waals surface area contributed by atoms with E-state index in [0.29, 0.717) is 18.0 Å². The summed E-state index contributed by atoms with van der Waals surface area (Å²) in [7, 11) is 0. The van der Waals surface area contributed by atoms with Crippen molar-refractivity contribution in [3.8, 4) is 0 Å². The van der Waals surface area contributed by atoms with Crippen LogP contribution in [0.5, 0.6) is 0 Å². The maximum absolute atomic E-state index is 11.7. The Labute approximate surface area is 106 Å². The van der Waals surface area contributed by atoms with Gasteiger partial charge in [-0.25, -0.2) is 9.78 Å². The van der Waals surface area contributed by atoms with Crippen LogP contribution in [-0.2, 0) is 11.2 Å². The normalized spacial score (nSPS) is 10.6. The summed E-state index contributed by atoms with van der Waals surface area (Å²) < 4.78 is 4.98. The zero-order valence-corrected chi connectivity index (χ0v) is 10.6. The number of pyridine rings is 1. The maximum Gasteiger partial charge on any atom is 0.338 e. The van der Waals surface area contributed by atoms with Gasteiger partial charge in [0, 0.05) is 5.39 Å². The van der Waals surface area contributed by atoms with Crippen molar-refractivity contribution < 1.29 is 9.53 Å². The molecule has 0 radical (unpaired) electrons. The Morgan fingerprint density at radius 3 is 2.78 bits per heavy atom. The largest absolute Gasteiger partial charge is 0.462 e. The van der Waals surface area contributed by atoms with E-state index >= 15 is 0 Å². The van der Waals surface area contributed by atoms with Crippen LogP contribution in [0.2, 0.25) is 0 Å². The van der Waals surface area contributed by atoms with Gasteiger partial charge in [-0.05, 0) is 36.9 Å². The highest BCUT2D eigenvalue weighted by molar-refractivity contribution is 5.96. The van der Waals surface area contributed by atoms with Gasteiger partial charge in [-0.2, -0.15) is 0 Å². The van der Waals surface area contributed by atoms with Crippen LogP contribution >= 0.6 is 0 Å². The van der Waals surface area contributed by atoms with Gasteiger partial charge < -0.3 is 10.5 Å². The number of ether oxygens (including phenoxy) is 1. The number of nitrogens with zero attached hydrogens (tertiary/aromatic N) is 1. The summed E-state index contributed by atoms with van der Waals surface area (Å²) in [6, 6.07) is 7.23. The molecule has 4 nitrogen and oxygen atoms in total. The average molecular weight is 244 g/mol. The first kappa shape index (κ1) is 12.4. The molecule has 94 valence electrons. The van der Waals surface area contributed by atoms with Crippen LogP contribution in [0.25, 0.3) is 10.8 Å². The molecule has 0 bridgehead atoms. The molecule has 4 heteroatoms. The summed E-state index contributed by atoms with van der Waals surface area (Å²) >= 11 is 0. The highest BCUT2D eigenvalue weighted by atomic mass is 16.5. The van der Waals surface area contributed by atoms with E-state index < -0.39 is 0 Å². The number of carbonyl (C=O) groups is 1. The number of hydrogen-bond donors (Lipinski definition) is 1. The van der Waals surface area contributed by atoms with Crippen LogP contribution < -0.4 is 5.73 Å². The lowest BCUT2D eigenvalue weighted by Gasteiger charge is -2.07. The minimum absolute atomic E-state index is 0.312. The molecule has 0 atom stereocenters. The fraction of sp³-hybridized carbons (Fsp3) is 0.286. The minimum Gasteiger partial charge on any atom is -0.462 e. The molecule has 0 saturated heterocycles. The number of esters is 1. The molecule has 0 amide bonds. The molecule has 1 aromatic heterocycles. The van der Waals surface area contributed by atoms with Crippen LogP contribution in [0.3, 0.4) is 0 Å². The van der Waals surface area contributed by atoms with E-state index in [1.165, 1.54) is 0 Å². The van der Waals surface area contributed by atoms with E-state index in [-0.39, 0.29) is 5.97 Å². The highest BCUT2D eigenvalue weighted by Gasteiger charge is 2.09. The average Bonchev–Trinajstić information content (AvgIpc) is 2.37. The van der Waals surface area contributed by atoms with Gasteiger partial charge in [-0.15, -0.1) is 0 Å². The van der Waals surface area contributed by atoms with Gasteiger partial charge in [0.25, 0.3) is 0 Å². The summed E-state index contributed by atoms with van der Waals surface area (Å²) in [4.78, 5) is 16.0. The van der Waals surface area contributed by atoms with Crippen molar-refractivity contribution in [2.45, 2.75) is 20.3 Å². The van der Waals surface area contributed by atoms with Gasteiger partial charge in [-0.1, -0.05) is 13.0 Å². The first-order valence-corrected chi connectivity index (χ1v) is 6.02. The number of fused-ring (bicyclic) bond motifs is 1. The molecule has 1 heterocycles. The first-order chi connectivity index (χ1) is 8.65. The Morgan fingerprint density at radius 2 is 2.11 bits per heavy atom. The Kier molecular flexibility index (Phi) is 3.46. The fourth-order valence-corrected chi connectivity index (χ4v) is 1.96. The molecule has 0 unspecified atom stereocenters. The van der Waals surface area contributed by atoms with Gasteiger partial charge >= 0.3 is 5.97 Å². The van der Waals surface area contributed by atoms with Crippen molar-refractivity contribution in [1.82, 2.24) is 4.98 Å². The van der Waals surface area contributed by atoms with Crippen molar-refractivity contribution in [3.63, 3.8) is 0 Å². The van der Waals surface area contributed by atoms with Crippen molar-refractivity contribution in [2.24, 2.45) is 0 Å². The van der Waals surface area contributed by atoms with E-state index in [1.54, 1.807) is 25.1 Å². The molecule has 0 aliphatic heterocycles. The second-order valence-corrected chi connectivity index (χ2v) is 4.00. The number of anilines is 1. The molecule has 0 aliphatic rings. The third-order valence-corrected chi connectivity index (χ3v) is 2.78.